The number of halogens is 1. The Bertz CT molecular complexity index is 558. The van der Waals surface area contributed by atoms with Gasteiger partial charge in [0.25, 0.3) is 0 Å². The van der Waals surface area contributed by atoms with Crippen molar-refractivity contribution < 1.29 is 0 Å². The van der Waals surface area contributed by atoms with E-state index in [9.17, 15) is 0 Å². The minimum absolute atomic E-state index is 0.441. The minimum atomic E-state index is 0.441. The lowest BCUT2D eigenvalue weighted by Crippen LogP contribution is -2.00. The van der Waals surface area contributed by atoms with Crippen molar-refractivity contribution in [1.82, 2.24) is 4.98 Å². The monoisotopic (exact) mass is 257 g/mol. The van der Waals surface area contributed by atoms with Gasteiger partial charge in [0, 0.05) is 24.6 Å². The van der Waals surface area contributed by atoms with Crippen molar-refractivity contribution in [3.05, 3.63) is 58.9 Å². The summed E-state index contributed by atoms with van der Waals surface area (Å²) in [6, 6.07) is 11.8. The minimum Gasteiger partial charge on any atom is -0.381 e. The van der Waals surface area contributed by atoms with Crippen LogP contribution in [0.2, 0.25) is 5.02 Å². The Morgan fingerprint density at radius 2 is 2.00 bits per heavy atom. The molecule has 0 atom stereocenters. The molecule has 0 unspecified atom stereocenters. The molecule has 0 fully saturated rings. The molecule has 1 heterocycles. The first kappa shape index (κ1) is 12.4. The van der Waals surface area contributed by atoms with Crippen molar-refractivity contribution in [2.24, 2.45) is 0 Å². The van der Waals surface area contributed by atoms with Crippen molar-refractivity contribution in [3.63, 3.8) is 0 Å². The molecule has 0 aliphatic rings. The molecule has 4 heteroatoms. The lowest BCUT2D eigenvalue weighted by Gasteiger charge is -2.08. The van der Waals surface area contributed by atoms with Crippen LogP contribution in [0.5, 0.6) is 0 Å². The summed E-state index contributed by atoms with van der Waals surface area (Å²) >= 11 is 6.02. The Labute approximate surface area is 111 Å². The first-order valence-electron chi connectivity index (χ1n) is 5.58. The quantitative estimate of drug-likeness (QED) is 0.913. The van der Waals surface area contributed by atoms with Crippen LogP contribution in [0.25, 0.3) is 0 Å². The predicted molar refractivity (Wildman–Crippen MR) is 72.3 cm³/mol. The van der Waals surface area contributed by atoms with Crippen molar-refractivity contribution in [3.8, 4) is 6.07 Å². The maximum atomic E-state index is 8.59. The fraction of sp³-hybridized carbons (Fsp3) is 0.143. The molecule has 18 heavy (non-hydrogen) atoms. The van der Waals surface area contributed by atoms with Crippen molar-refractivity contribution in [2.45, 2.75) is 13.0 Å². The summed E-state index contributed by atoms with van der Waals surface area (Å²) < 4.78 is 0. The fourth-order valence-electron chi connectivity index (χ4n) is 1.58. The van der Waals surface area contributed by atoms with E-state index < -0.39 is 0 Å². The van der Waals surface area contributed by atoms with E-state index in [0.717, 1.165) is 16.8 Å². The molecular weight excluding hydrogens is 246 g/mol. The average molecular weight is 258 g/mol. The highest BCUT2D eigenvalue weighted by atomic mass is 35.5. The number of nitrogens with one attached hydrogen (secondary N) is 1. The molecule has 0 amide bonds. The van der Waals surface area contributed by atoms with Gasteiger partial charge in [-0.1, -0.05) is 23.7 Å². The van der Waals surface area contributed by atoms with Crippen molar-refractivity contribution >= 4 is 17.3 Å². The van der Waals surface area contributed by atoms with Gasteiger partial charge in [0.1, 0.15) is 0 Å². The number of aromatic nitrogens is 1. The van der Waals surface area contributed by atoms with E-state index in [0.29, 0.717) is 18.0 Å². The second kappa shape index (κ2) is 6.04. The summed E-state index contributed by atoms with van der Waals surface area (Å²) in [5, 5.41) is 12.5. The molecule has 0 radical (unpaired) electrons. The molecule has 3 nitrogen and oxygen atoms in total. The number of nitriles is 1. The first-order valence-corrected chi connectivity index (χ1v) is 5.95. The molecule has 90 valence electrons. The van der Waals surface area contributed by atoms with Crippen molar-refractivity contribution in [2.75, 3.05) is 5.32 Å². The van der Waals surface area contributed by atoms with Gasteiger partial charge in [0.15, 0.2) is 0 Å². The zero-order valence-electron chi connectivity index (χ0n) is 9.73. The number of benzene rings is 1. The molecule has 0 spiro atoms. The van der Waals surface area contributed by atoms with Gasteiger partial charge in [-0.05, 0) is 29.3 Å². The molecule has 0 bridgehead atoms. The number of hydrogen-bond acceptors (Lipinski definition) is 3. The van der Waals surface area contributed by atoms with Gasteiger partial charge < -0.3 is 5.32 Å². The van der Waals surface area contributed by atoms with E-state index in [1.54, 1.807) is 12.4 Å². The Balaban J connectivity index is 1.98. The molecule has 1 N–H and O–H groups in total. The van der Waals surface area contributed by atoms with E-state index in [1.165, 1.54) is 0 Å². The zero-order valence-corrected chi connectivity index (χ0v) is 10.5. The van der Waals surface area contributed by atoms with Gasteiger partial charge in [-0.15, -0.1) is 0 Å². The number of rotatable bonds is 4. The third-order valence-corrected chi connectivity index (χ3v) is 2.92. The van der Waals surface area contributed by atoms with Gasteiger partial charge in [0.2, 0.25) is 0 Å². The molecule has 0 aliphatic carbocycles. The summed E-state index contributed by atoms with van der Waals surface area (Å²) in [5.41, 5.74) is 3.03. The van der Waals surface area contributed by atoms with Crippen LogP contribution in [-0.2, 0) is 13.0 Å². The lowest BCUT2D eigenvalue weighted by atomic mass is 10.1. The van der Waals surface area contributed by atoms with Crippen LogP contribution in [0.15, 0.2) is 42.7 Å². The topological polar surface area (TPSA) is 48.7 Å². The van der Waals surface area contributed by atoms with E-state index in [2.05, 4.69) is 16.4 Å². The number of hydrogen-bond donors (Lipinski definition) is 1. The highest BCUT2D eigenvalue weighted by Gasteiger charge is 1.99. The Morgan fingerprint density at radius 1 is 1.22 bits per heavy atom. The van der Waals surface area contributed by atoms with Crippen molar-refractivity contribution in [1.29, 1.82) is 5.26 Å². The molecule has 1 aromatic carbocycles. The largest absolute Gasteiger partial charge is 0.381 e. The maximum Gasteiger partial charge on any atom is 0.0669 e. The Morgan fingerprint density at radius 3 is 2.67 bits per heavy atom. The highest BCUT2D eigenvalue weighted by Crippen LogP contribution is 2.16. The zero-order chi connectivity index (χ0) is 12.8. The molecular formula is C14H12ClN3. The second-order valence-corrected chi connectivity index (χ2v) is 4.26. The van der Waals surface area contributed by atoms with E-state index >= 15 is 0 Å². The summed E-state index contributed by atoms with van der Waals surface area (Å²) in [6.07, 6.45) is 3.80. The molecule has 0 saturated carbocycles. The first-order chi connectivity index (χ1) is 8.79. The molecule has 0 saturated heterocycles. The third kappa shape index (κ3) is 3.22. The van der Waals surface area contributed by atoms with Crippen LogP contribution in [0.3, 0.4) is 0 Å². The highest BCUT2D eigenvalue weighted by molar-refractivity contribution is 6.31. The van der Waals surface area contributed by atoms with Crippen LogP contribution in [0, 0.1) is 11.3 Å². The predicted octanol–water partition coefficient (Wildman–Crippen LogP) is 3.41. The van der Waals surface area contributed by atoms with Gasteiger partial charge in [-0.25, -0.2) is 0 Å². The molecule has 1 aromatic heterocycles. The number of pyridine rings is 1. The Kier molecular flexibility index (Phi) is 4.16. The number of nitrogens with zero attached hydrogens (tertiary/aromatic N) is 2. The summed E-state index contributed by atoms with van der Waals surface area (Å²) in [4.78, 5) is 3.94. The molecule has 0 aliphatic heterocycles. The average Bonchev–Trinajstić information content (AvgIpc) is 2.40. The second-order valence-electron chi connectivity index (χ2n) is 3.85. The standard InChI is InChI=1S/C14H12ClN3/c15-14-10-17-8-6-12(14)9-18-13-3-1-11(2-4-13)5-7-16/h1-4,6,8,10,18H,5,9H2. The van der Waals surface area contributed by atoms with E-state index in [-0.39, 0.29) is 0 Å². The summed E-state index contributed by atoms with van der Waals surface area (Å²) in [6.45, 7) is 0.652. The summed E-state index contributed by atoms with van der Waals surface area (Å²) in [7, 11) is 0. The molecule has 2 rings (SSSR count). The van der Waals surface area contributed by atoms with Crippen LogP contribution in [0.1, 0.15) is 11.1 Å². The van der Waals surface area contributed by atoms with Crippen LogP contribution in [0.4, 0.5) is 5.69 Å². The molecule has 2 aromatic rings. The van der Waals surface area contributed by atoms with E-state index in [1.807, 2.05) is 30.3 Å². The lowest BCUT2D eigenvalue weighted by molar-refractivity contribution is 1.12. The third-order valence-electron chi connectivity index (χ3n) is 2.58. The summed E-state index contributed by atoms with van der Waals surface area (Å²) in [5.74, 6) is 0. The van der Waals surface area contributed by atoms with Crippen LogP contribution < -0.4 is 5.32 Å². The number of anilines is 1. The van der Waals surface area contributed by atoms with Gasteiger partial charge in [-0.2, -0.15) is 5.26 Å². The smallest absolute Gasteiger partial charge is 0.0669 e. The van der Waals surface area contributed by atoms with Crippen LogP contribution in [-0.4, -0.2) is 4.98 Å². The SMILES string of the molecule is N#CCc1ccc(NCc2ccncc2Cl)cc1. The fourth-order valence-corrected chi connectivity index (χ4v) is 1.76. The maximum absolute atomic E-state index is 8.59. The van der Waals surface area contributed by atoms with E-state index in [4.69, 9.17) is 16.9 Å². The normalized spacial score (nSPS) is 9.78. The van der Waals surface area contributed by atoms with Crippen LogP contribution >= 0.6 is 11.6 Å². The Hall–Kier alpha value is -2.05. The van der Waals surface area contributed by atoms with Gasteiger partial charge in [-0.3, -0.25) is 4.98 Å². The van der Waals surface area contributed by atoms with Gasteiger partial charge >= 0.3 is 0 Å². The van der Waals surface area contributed by atoms with Gasteiger partial charge in [0.05, 0.1) is 17.5 Å².